The van der Waals surface area contributed by atoms with Crippen molar-refractivity contribution in [3.8, 4) is 0 Å². The molecule has 0 aliphatic carbocycles. The number of alkyl carbamates (subject to hydrolysis) is 1. The molecule has 0 aliphatic rings. The maximum absolute atomic E-state index is 10.5. The topological polar surface area (TPSA) is 47.6 Å². The second-order valence-corrected chi connectivity index (χ2v) is 1.99. The quantitative estimate of drug-likeness (QED) is 0.627. The van der Waals surface area contributed by atoms with Gasteiger partial charge in [0.05, 0.1) is 19.8 Å². The van der Waals surface area contributed by atoms with Crippen LogP contribution in [-0.4, -0.2) is 33.0 Å². The van der Waals surface area contributed by atoms with Crippen molar-refractivity contribution in [2.75, 3.05) is 20.8 Å². The lowest BCUT2D eigenvalue weighted by Gasteiger charge is -2.10. The second-order valence-electron chi connectivity index (χ2n) is 1.99. The summed E-state index contributed by atoms with van der Waals surface area (Å²) >= 11 is 0. The average molecular weight is 147 g/mol. The summed E-state index contributed by atoms with van der Waals surface area (Å²) in [5, 5.41) is 2.54. The molecule has 10 heavy (non-hydrogen) atoms. The molecule has 1 atom stereocenters. The normalized spacial score (nSPS) is 12.3. The number of rotatable bonds is 3. The van der Waals surface area contributed by atoms with Gasteiger partial charge in [-0.2, -0.15) is 0 Å². The second kappa shape index (κ2) is 5.05. The van der Waals surface area contributed by atoms with E-state index in [2.05, 4.69) is 10.1 Å². The van der Waals surface area contributed by atoms with Gasteiger partial charge in [0, 0.05) is 7.11 Å². The van der Waals surface area contributed by atoms with E-state index < -0.39 is 6.09 Å². The van der Waals surface area contributed by atoms with E-state index in [9.17, 15) is 4.79 Å². The first-order valence-electron chi connectivity index (χ1n) is 3.04. The molecule has 0 heterocycles. The molecular formula is C6H13NO3. The molecule has 4 heteroatoms. The molecule has 0 aromatic carbocycles. The van der Waals surface area contributed by atoms with Crippen LogP contribution < -0.4 is 5.32 Å². The number of methoxy groups -OCH3 is 2. The Labute approximate surface area is 60.5 Å². The zero-order valence-corrected chi connectivity index (χ0v) is 6.51. The molecule has 0 radical (unpaired) electrons. The van der Waals surface area contributed by atoms with Gasteiger partial charge >= 0.3 is 6.09 Å². The Kier molecular flexibility index (Phi) is 4.66. The Morgan fingerprint density at radius 1 is 1.60 bits per heavy atom. The third kappa shape index (κ3) is 4.14. The molecular weight excluding hydrogens is 134 g/mol. The van der Waals surface area contributed by atoms with Crippen molar-refractivity contribution < 1.29 is 14.3 Å². The van der Waals surface area contributed by atoms with Crippen molar-refractivity contribution in [3.63, 3.8) is 0 Å². The maximum Gasteiger partial charge on any atom is 0.407 e. The third-order valence-electron chi connectivity index (χ3n) is 0.966. The van der Waals surface area contributed by atoms with E-state index in [4.69, 9.17) is 4.74 Å². The number of ether oxygens (including phenoxy) is 2. The predicted octanol–water partition coefficient (Wildman–Crippen LogP) is 0.377. The smallest absolute Gasteiger partial charge is 0.407 e. The van der Waals surface area contributed by atoms with Crippen LogP contribution in [0.2, 0.25) is 0 Å². The van der Waals surface area contributed by atoms with E-state index in [1.165, 1.54) is 7.11 Å². The van der Waals surface area contributed by atoms with Gasteiger partial charge in [0.25, 0.3) is 0 Å². The summed E-state index contributed by atoms with van der Waals surface area (Å²) in [4.78, 5) is 10.5. The van der Waals surface area contributed by atoms with Crippen molar-refractivity contribution in [1.82, 2.24) is 5.32 Å². The molecule has 1 N–H and O–H groups in total. The number of carbonyl (C=O) groups is 1. The van der Waals surface area contributed by atoms with Crippen LogP contribution in [0.5, 0.6) is 0 Å². The van der Waals surface area contributed by atoms with Crippen molar-refractivity contribution in [1.29, 1.82) is 0 Å². The first-order chi connectivity index (χ1) is 4.70. The van der Waals surface area contributed by atoms with Crippen molar-refractivity contribution >= 4 is 6.09 Å². The van der Waals surface area contributed by atoms with Gasteiger partial charge in [-0.15, -0.1) is 0 Å². The summed E-state index contributed by atoms with van der Waals surface area (Å²) < 4.78 is 9.14. The molecule has 0 saturated heterocycles. The number of hydrogen-bond donors (Lipinski definition) is 1. The molecule has 4 nitrogen and oxygen atoms in total. The Balaban J connectivity index is 3.37. The summed E-state index contributed by atoms with van der Waals surface area (Å²) in [5.74, 6) is 0. The first-order valence-corrected chi connectivity index (χ1v) is 3.04. The minimum Gasteiger partial charge on any atom is -0.453 e. The van der Waals surface area contributed by atoms with Gasteiger partial charge in [-0.25, -0.2) is 4.79 Å². The summed E-state index contributed by atoms with van der Waals surface area (Å²) in [6, 6.07) is -0.00236. The van der Waals surface area contributed by atoms with Gasteiger partial charge in [-0.05, 0) is 6.92 Å². The Hall–Kier alpha value is -0.770. The summed E-state index contributed by atoms with van der Waals surface area (Å²) in [6.07, 6.45) is -0.426. The standard InChI is InChI=1S/C6H13NO3/c1-5(4-9-2)7-6(8)10-3/h5H,4H2,1-3H3,(H,7,8). The van der Waals surface area contributed by atoms with E-state index in [0.717, 1.165) is 0 Å². The highest BCUT2D eigenvalue weighted by molar-refractivity contribution is 5.67. The van der Waals surface area contributed by atoms with E-state index in [0.29, 0.717) is 6.61 Å². The molecule has 0 fully saturated rings. The van der Waals surface area contributed by atoms with Crippen molar-refractivity contribution in [3.05, 3.63) is 0 Å². The van der Waals surface area contributed by atoms with Crippen LogP contribution in [0.4, 0.5) is 4.79 Å². The summed E-state index contributed by atoms with van der Waals surface area (Å²) in [5.41, 5.74) is 0. The third-order valence-corrected chi connectivity index (χ3v) is 0.966. The van der Waals surface area contributed by atoms with Crippen molar-refractivity contribution in [2.45, 2.75) is 13.0 Å². The van der Waals surface area contributed by atoms with Crippen LogP contribution in [0, 0.1) is 0 Å². The molecule has 0 spiro atoms. The monoisotopic (exact) mass is 147 g/mol. The van der Waals surface area contributed by atoms with Crippen molar-refractivity contribution in [2.24, 2.45) is 0 Å². The molecule has 0 aliphatic heterocycles. The van der Waals surface area contributed by atoms with Crippen LogP contribution in [0.3, 0.4) is 0 Å². The Bertz CT molecular complexity index is 105. The lowest BCUT2D eigenvalue weighted by atomic mass is 10.4. The maximum atomic E-state index is 10.5. The van der Waals surface area contributed by atoms with E-state index in [1.807, 2.05) is 6.92 Å². The Morgan fingerprint density at radius 3 is 2.60 bits per heavy atom. The minimum atomic E-state index is -0.426. The molecule has 0 rings (SSSR count). The number of nitrogens with one attached hydrogen (secondary N) is 1. The van der Waals surface area contributed by atoms with Gasteiger partial charge in [0.1, 0.15) is 0 Å². The minimum absolute atomic E-state index is 0.00236. The highest BCUT2D eigenvalue weighted by Crippen LogP contribution is 1.82. The number of amides is 1. The van der Waals surface area contributed by atoms with Gasteiger partial charge in [0.2, 0.25) is 0 Å². The van der Waals surface area contributed by atoms with Crippen LogP contribution in [0.25, 0.3) is 0 Å². The molecule has 1 unspecified atom stereocenters. The number of carbonyl (C=O) groups excluding carboxylic acids is 1. The molecule has 1 amide bonds. The molecule has 0 aromatic heterocycles. The average Bonchev–Trinajstić information content (AvgIpc) is 1.88. The van der Waals surface area contributed by atoms with Crippen LogP contribution in [0.15, 0.2) is 0 Å². The van der Waals surface area contributed by atoms with Gasteiger partial charge in [-0.3, -0.25) is 0 Å². The van der Waals surface area contributed by atoms with Crippen LogP contribution >= 0.6 is 0 Å². The Morgan fingerprint density at radius 2 is 2.20 bits per heavy atom. The fourth-order valence-electron chi connectivity index (χ4n) is 0.552. The lowest BCUT2D eigenvalue weighted by Crippen LogP contribution is -2.35. The van der Waals surface area contributed by atoms with Gasteiger partial charge in [-0.1, -0.05) is 0 Å². The highest BCUT2D eigenvalue weighted by atomic mass is 16.5. The predicted molar refractivity (Wildman–Crippen MR) is 36.9 cm³/mol. The molecule has 0 saturated carbocycles. The molecule has 0 aromatic rings. The largest absolute Gasteiger partial charge is 0.453 e. The molecule has 60 valence electrons. The van der Waals surface area contributed by atoms with Crippen LogP contribution in [0.1, 0.15) is 6.92 Å². The highest BCUT2D eigenvalue weighted by Gasteiger charge is 2.04. The van der Waals surface area contributed by atoms with Gasteiger partial charge in [0.15, 0.2) is 0 Å². The first kappa shape index (κ1) is 9.23. The molecule has 0 bridgehead atoms. The lowest BCUT2D eigenvalue weighted by molar-refractivity contribution is 0.144. The van der Waals surface area contributed by atoms with Gasteiger partial charge < -0.3 is 14.8 Å². The fraction of sp³-hybridized carbons (Fsp3) is 0.833. The summed E-state index contributed by atoms with van der Waals surface area (Å²) in [6.45, 7) is 2.33. The van der Waals surface area contributed by atoms with E-state index in [-0.39, 0.29) is 6.04 Å². The zero-order valence-electron chi connectivity index (χ0n) is 6.51. The number of hydrogen-bond acceptors (Lipinski definition) is 3. The SMILES string of the molecule is COCC(C)NC(=O)OC. The van der Waals surface area contributed by atoms with E-state index in [1.54, 1.807) is 7.11 Å². The fourth-order valence-corrected chi connectivity index (χ4v) is 0.552. The zero-order chi connectivity index (χ0) is 7.98. The van der Waals surface area contributed by atoms with Crippen LogP contribution in [-0.2, 0) is 9.47 Å². The van der Waals surface area contributed by atoms with E-state index >= 15 is 0 Å². The summed E-state index contributed by atoms with van der Waals surface area (Å²) in [7, 11) is 2.91.